The molecule has 0 aliphatic carbocycles. The Morgan fingerprint density at radius 1 is 1.23 bits per heavy atom. The van der Waals surface area contributed by atoms with Gasteiger partial charge in [0.05, 0.1) is 12.5 Å². The molecule has 1 atom stereocenters. The molecule has 26 heavy (non-hydrogen) atoms. The Balaban J connectivity index is 1.89. The van der Waals surface area contributed by atoms with Crippen LogP contribution in [0.2, 0.25) is 0 Å². The molecule has 1 aliphatic rings. The zero-order valence-electron chi connectivity index (χ0n) is 15.9. The van der Waals surface area contributed by atoms with Crippen molar-refractivity contribution in [1.29, 1.82) is 0 Å². The maximum Gasteiger partial charge on any atom is 0.239 e. The van der Waals surface area contributed by atoms with E-state index in [-0.39, 0.29) is 36.7 Å². The lowest BCUT2D eigenvalue weighted by Gasteiger charge is -2.17. The van der Waals surface area contributed by atoms with Gasteiger partial charge in [0.15, 0.2) is 0 Å². The molecule has 1 aliphatic heterocycles. The Bertz CT molecular complexity index is 640. The molecule has 1 fully saturated rings. The first-order valence-electron chi connectivity index (χ1n) is 9.37. The second-order valence-corrected chi connectivity index (χ2v) is 7.12. The fraction of sp³-hybridized carbons (Fsp3) is 0.550. The van der Waals surface area contributed by atoms with E-state index in [1.807, 2.05) is 38.1 Å². The number of aryl methyl sites for hydroxylation is 1. The number of hydrogen-bond donors (Lipinski definition) is 2. The van der Waals surface area contributed by atoms with Gasteiger partial charge in [-0.1, -0.05) is 25.5 Å². The van der Waals surface area contributed by atoms with Crippen LogP contribution < -0.4 is 15.5 Å². The molecule has 1 aromatic carbocycles. The van der Waals surface area contributed by atoms with Crippen molar-refractivity contribution >= 4 is 23.4 Å². The molecule has 0 bridgehead atoms. The van der Waals surface area contributed by atoms with E-state index in [0.717, 1.165) is 24.9 Å². The molecule has 3 amide bonds. The molecular weight excluding hydrogens is 330 g/mol. The third-order valence-electron chi connectivity index (χ3n) is 4.44. The SMILES string of the molecule is CCCCc1ccc(N2CC(C(=O)NCC(=O)NC(C)C)CC2=O)cc1. The normalized spacial score (nSPS) is 16.8. The van der Waals surface area contributed by atoms with Crippen molar-refractivity contribution in [3.05, 3.63) is 29.8 Å². The number of unbranched alkanes of at least 4 members (excludes halogenated alkanes) is 1. The summed E-state index contributed by atoms with van der Waals surface area (Å²) in [5.74, 6) is -0.955. The summed E-state index contributed by atoms with van der Waals surface area (Å²) < 4.78 is 0. The Hall–Kier alpha value is -2.37. The second-order valence-electron chi connectivity index (χ2n) is 7.12. The van der Waals surface area contributed by atoms with E-state index in [9.17, 15) is 14.4 Å². The number of nitrogens with one attached hydrogen (secondary N) is 2. The Kier molecular flexibility index (Phi) is 7.18. The summed E-state index contributed by atoms with van der Waals surface area (Å²) in [4.78, 5) is 37.8. The highest BCUT2D eigenvalue weighted by molar-refractivity contribution is 6.00. The quantitative estimate of drug-likeness (QED) is 0.745. The van der Waals surface area contributed by atoms with Gasteiger partial charge in [0.25, 0.3) is 0 Å². The Labute approximate surface area is 155 Å². The molecule has 1 aromatic rings. The van der Waals surface area contributed by atoms with Gasteiger partial charge in [-0.25, -0.2) is 0 Å². The lowest BCUT2D eigenvalue weighted by atomic mass is 10.1. The largest absolute Gasteiger partial charge is 0.352 e. The minimum absolute atomic E-state index is 0.0308. The van der Waals surface area contributed by atoms with E-state index in [4.69, 9.17) is 0 Å². The molecular formula is C20H29N3O3. The summed E-state index contributed by atoms with van der Waals surface area (Å²) in [6.45, 7) is 6.18. The number of nitrogens with zero attached hydrogens (tertiary/aromatic N) is 1. The van der Waals surface area contributed by atoms with E-state index >= 15 is 0 Å². The van der Waals surface area contributed by atoms with Gasteiger partial charge >= 0.3 is 0 Å². The molecule has 6 heteroatoms. The van der Waals surface area contributed by atoms with Crippen LogP contribution in [0.4, 0.5) is 5.69 Å². The first-order valence-corrected chi connectivity index (χ1v) is 9.37. The van der Waals surface area contributed by atoms with E-state index in [1.165, 1.54) is 5.56 Å². The van der Waals surface area contributed by atoms with Crippen molar-refractivity contribution in [1.82, 2.24) is 10.6 Å². The van der Waals surface area contributed by atoms with Crippen LogP contribution in [0.3, 0.4) is 0 Å². The predicted molar refractivity (Wildman–Crippen MR) is 102 cm³/mol. The van der Waals surface area contributed by atoms with Crippen molar-refractivity contribution in [2.24, 2.45) is 5.92 Å². The Morgan fingerprint density at radius 2 is 1.92 bits per heavy atom. The molecule has 1 heterocycles. The highest BCUT2D eigenvalue weighted by atomic mass is 16.2. The van der Waals surface area contributed by atoms with Crippen LogP contribution in [0.15, 0.2) is 24.3 Å². The van der Waals surface area contributed by atoms with Crippen LogP contribution in [0, 0.1) is 5.92 Å². The summed E-state index contributed by atoms with van der Waals surface area (Å²) >= 11 is 0. The highest BCUT2D eigenvalue weighted by Gasteiger charge is 2.35. The lowest BCUT2D eigenvalue weighted by molar-refractivity contribution is -0.129. The summed E-state index contributed by atoms with van der Waals surface area (Å²) in [6.07, 6.45) is 3.51. The van der Waals surface area contributed by atoms with Crippen molar-refractivity contribution in [2.45, 2.75) is 52.5 Å². The summed E-state index contributed by atoms with van der Waals surface area (Å²) in [7, 11) is 0. The van der Waals surface area contributed by atoms with Gasteiger partial charge in [-0.15, -0.1) is 0 Å². The van der Waals surface area contributed by atoms with Crippen LogP contribution in [0.1, 0.15) is 45.6 Å². The fourth-order valence-electron chi connectivity index (χ4n) is 3.04. The smallest absolute Gasteiger partial charge is 0.239 e. The summed E-state index contributed by atoms with van der Waals surface area (Å²) in [6, 6.07) is 8.01. The Morgan fingerprint density at radius 3 is 2.54 bits per heavy atom. The summed E-state index contributed by atoms with van der Waals surface area (Å²) in [5, 5.41) is 5.35. The van der Waals surface area contributed by atoms with E-state index in [0.29, 0.717) is 6.54 Å². The molecule has 0 radical (unpaired) electrons. The van der Waals surface area contributed by atoms with Crippen molar-refractivity contribution in [3.63, 3.8) is 0 Å². The van der Waals surface area contributed by atoms with Gasteiger partial charge in [-0.3, -0.25) is 14.4 Å². The van der Waals surface area contributed by atoms with Gasteiger partial charge in [-0.05, 0) is 44.4 Å². The number of carbonyl (C=O) groups is 3. The van der Waals surface area contributed by atoms with Gasteiger partial charge in [-0.2, -0.15) is 0 Å². The monoisotopic (exact) mass is 359 g/mol. The molecule has 1 unspecified atom stereocenters. The third-order valence-corrected chi connectivity index (χ3v) is 4.44. The van der Waals surface area contributed by atoms with Crippen LogP contribution in [-0.2, 0) is 20.8 Å². The molecule has 2 rings (SSSR count). The number of benzene rings is 1. The van der Waals surface area contributed by atoms with Crippen LogP contribution in [0.5, 0.6) is 0 Å². The third kappa shape index (κ3) is 5.58. The highest BCUT2D eigenvalue weighted by Crippen LogP contribution is 2.25. The van der Waals surface area contributed by atoms with Gasteiger partial charge in [0.2, 0.25) is 17.7 Å². The molecule has 142 valence electrons. The first kappa shape index (κ1) is 19.9. The average Bonchev–Trinajstić information content (AvgIpc) is 2.99. The zero-order chi connectivity index (χ0) is 19.1. The molecule has 2 N–H and O–H groups in total. The standard InChI is InChI=1S/C20H29N3O3/c1-4-5-6-15-7-9-17(10-8-15)23-13-16(11-19(23)25)20(26)21-12-18(24)22-14(2)3/h7-10,14,16H,4-6,11-13H2,1-3H3,(H,21,26)(H,22,24). The van der Waals surface area contributed by atoms with Crippen LogP contribution in [0.25, 0.3) is 0 Å². The maximum absolute atomic E-state index is 12.3. The van der Waals surface area contributed by atoms with Gasteiger partial charge in [0, 0.05) is 24.7 Å². The predicted octanol–water partition coefficient (Wildman–Crippen LogP) is 2.02. The number of carbonyl (C=O) groups excluding carboxylic acids is 3. The minimum Gasteiger partial charge on any atom is -0.352 e. The summed E-state index contributed by atoms with van der Waals surface area (Å²) in [5.41, 5.74) is 2.08. The fourth-order valence-corrected chi connectivity index (χ4v) is 3.04. The molecule has 0 saturated carbocycles. The lowest BCUT2D eigenvalue weighted by Crippen LogP contribution is -2.42. The van der Waals surface area contributed by atoms with Crippen molar-refractivity contribution in [2.75, 3.05) is 18.0 Å². The average molecular weight is 359 g/mol. The van der Waals surface area contributed by atoms with Gasteiger partial charge < -0.3 is 15.5 Å². The maximum atomic E-state index is 12.3. The molecule has 0 aromatic heterocycles. The zero-order valence-corrected chi connectivity index (χ0v) is 15.9. The number of rotatable bonds is 8. The number of amides is 3. The van der Waals surface area contributed by atoms with E-state index < -0.39 is 5.92 Å². The van der Waals surface area contributed by atoms with Gasteiger partial charge in [0.1, 0.15) is 0 Å². The van der Waals surface area contributed by atoms with Crippen LogP contribution in [-0.4, -0.2) is 36.9 Å². The molecule has 6 nitrogen and oxygen atoms in total. The van der Waals surface area contributed by atoms with Crippen molar-refractivity contribution in [3.8, 4) is 0 Å². The van der Waals surface area contributed by atoms with E-state index in [2.05, 4.69) is 17.6 Å². The number of hydrogen-bond acceptors (Lipinski definition) is 3. The second kappa shape index (κ2) is 9.36. The van der Waals surface area contributed by atoms with Crippen molar-refractivity contribution < 1.29 is 14.4 Å². The first-order chi connectivity index (χ1) is 12.4. The van der Waals surface area contributed by atoms with E-state index in [1.54, 1.807) is 4.90 Å². The molecule has 1 saturated heterocycles. The molecule has 0 spiro atoms. The van der Waals surface area contributed by atoms with Crippen LogP contribution >= 0.6 is 0 Å². The minimum atomic E-state index is -0.422. The topological polar surface area (TPSA) is 78.5 Å². The number of anilines is 1.